The molecule has 120 valence electrons. The van der Waals surface area contributed by atoms with Gasteiger partial charge in [-0.25, -0.2) is 0 Å². The fourth-order valence-corrected chi connectivity index (χ4v) is 2.28. The molecule has 0 saturated heterocycles. The molecule has 1 aromatic heterocycles. The predicted octanol–water partition coefficient (Wildman–Crippen LogP) is 2.49. The van der Waals surface area contributed by atoms with Crippen LogP contribution in [0.2, 0.25) is 0 Å². The van der Waals surface area contributed by atoms with E-state index in [-0.39, 0.29) is 23.6 Å². The number of nitrogens with one attached hydrogen (secondary N) is 2. The zero-order valence-electron chi connectivity index (χ0n) is 13.1. The highest BCUT2D eigenvalue weighted by Gasteiger charge is 2.25. The molecular formula is C17H19N3O3. The monoisotopic (exact) mass is 313 g/mol. The van der Waals surface area contributed by atoms with E-state index < -0.39 is 0 Å². The van der Waals surface area contributed by atoms with Gasteiger partial charge in [0.2, 0.25) is 0 Å². The highest BCUT2D eigenvalue weighted by molar-refractivity contribution is 6.05. The molecule has 1 fully saturated rings. The average Bonchev–Trinajstić information content (AvgIpc) is 3.16. The van der Waals surface area contributed by atoms with Crippen LogP contribution in [0.3, 0.4) is 0 Å². The molecule has 0 bridgehead atoms. The van der Waals surface area contributed by atoms with Gasteiger partial charge in [0.15, 0.2) is 5.76 Å². The molecule has 6 nitrogen and oxygen atoms in total. The zero-order valence-corrected chi connectivity index (χ0v) is 13.1. The number of hydrogen-bond donors (Lipinski definition) is 2. The molecule has 2 amide bonds. The molecule has 3 rings (SSSR count). The molecule has 6 heteroatoms. The van der Waals surface area contributed by atoms with Crippen LogP contribution in [0.15, 0.2) is 41.0 Å². The van der Waals surface area contributed by atoms with E-state index in [0.29, 0.717) is 11.3 Å². The van der Waals surface area contributed by atoms with Crippen molar-refractivity contribution in [2.24, 2.45) is 0 Å². The SMILES string of the molecule is CN(C)c1ccc(NC(=O)c2ccco2)cc1C(=O)NC1CC1. The smallest absolute Gasteiger partial charge is 0.291 e. The summed E-state index contributed by atoms with van der Waals surface area (Å²) < 4.78 is 5.07. The second-order valence-electron chi connectivity index (χ2n) is 5.81. The van der Waals surface area contributed by atoms with E-state index in [1.807, 2.05) is 25.1 Å². The summed E-state index contributed by atoms with van der Waals surface area (Å²) in [6.45, 7) is 0. The Labute approximate surface area is 134 Å². The summed E-state index contributed by atoms with van der Waals surface area (Å²) in [6, 6.07) is 8.79. The van der Waals surface area contributed by atoms with Crippen LogP contribution in [0.4, 0.5) is 11.4 Å². The molecule has 23 heavy (non-hydrogen) atoms. The fourth-order valence-electron chi connectivity index (χ4n) is 2.28. The number of carbonyl (C=O) groups is 2. The van der Waals surface area contributed by atoms with Crippen molar-refractivity contribution in [3.63, 3.8) is 0 Å². The molecule has 1 heterocycles. The molecule has 1 aliphatic rings. The number of nitrogens with zero attached hydrogens (tertiary/aromatic N) is 1. The average molecular weight is 313 g/mol. The van der Waals surface area contributed by atoms with Crippen molar-refractivity contribution in [1.82, 2.24) is 5.32 Å². The maximum absolute atomic E-state index is 12.4. The van der Waals surface area contributed by atoms with E-state index in [1.54, 1.807) is 24.3 Å². The van der Waals surface area contributed by atoms with Crippen LogP contribution >= 0.6 is 0 Å². The molecule has 0 radical (unpaired) electrons. The first-order valence-electron chi connectivity index (χ1n) is 7.51. The Balaban J connectivity index is 1.83. The Morgan fingerprint density at radius 2 is 1.96 bits per heavy atom. The Morgan fingerprint density at radius 1 is 1.17 bits per heavy atom. The summed E-state index contributed by atoms with van der Waals surface area (Å²) in [5, 5.41) is 5.72. The first kappa shape index (κ1) is 15.1. The van der Waals surface area contributed by atoms with Gasteiger partial charge < -0.3 is 20.0 Å². The van der Waals surface area contributed by atoms with Crippen LogP contribution in [0.1, 0.15) is 33.8 Å². The van der Waals surface area contributed by atoms with Crippen molar-refractivity contribution in [2.75, 3.05) is 24.3 Å². The van der Waals surface area contributed by atoms with Gasteiger partial charge in [0.1, 0.15) is 0 Å². The molecule has 1 aromatic carbocycles. The molecule has 0 aliphatic heterocycles. The van der Waals surface area contributed by atoms with E-state index in [9.17, 15) is 9.59 Å². The molecule has 2 N–H and O–H groups in total. The number of furan rings is 1. The molecule has 2 aromatic rings. The topological polar surface area (TPSA) is 74.6 Å². The van der Waals surface area contributed by atoms with E-state index >= 15 is 0 Å². The summed E-state index contributed by atoms with van der Waals surface area (Å²) in [5.74, 6) is -0.239. The number of anilines is 2. The number of amides is 2. The van der Waals surface area contributed by atoms with Gasteiger partial charge in [-0.3, -0.25) is 9.59 Å². The van der Waals surface area contributed by atoms with E-state index in [1.165, 1.54) is 6.26 Å². The zero-order chi connectivity index (χ0) is 16.4. The second kappa shape index (κ2) is 6.16. The van der Waals surface area contributed by atoms with Crippen LogP contribution in [-0.2, 0) is 0 Å². The highest BCUT2D eigenvalue weighted by Crippen LogP contribution is 2.25. The minimum absolute atomic E-state index is 0.120. The number of benzene rings is 1. The third kappa shape index (κ3) is 3.53. The molecule has 0 spiro atoms. The predicted molar refractivity (Wildman–Crippen MR) is 87.9 cm³/mol. The van der Waals surface area contributed by atoms with Crippen molar-refractivity contribution in [1.29, 1.82) is 0 Å². The van der Waals surface area contributed by atoms with Gasteiger partial charge in [-0.2, -0.15) is 0 Å². The highest BCUT2D eigenvalue weighted by atomic mass is 16.3. The van der Waals surface area contributed by atoms with E-state index in [2.05, 4.69) is 10.6 Å². The van der Waals surface area contributed by atoms with Crippen molar-refractivity contribution < 1.29 is 14.0 Å². The Morgan fingerprint density at radius 3 is 2.57 bits per heavy atom. The van der Waals surface area contributed by atoms with Gasteiger partial charge in [-0.15, -0.1) is 0 Å². The van der Waals surface area contributed by atoms with Crippen LogP contribution < -0.4 is 15.5 Å². The lowest BCUT2D eigenvalue weighted by Crippen LogP contribution is -2.27. The normalized spacial score (nSPS) is 13.5. The van der Waals surface area contributed by atoms with Crippen LogP contribution in [0, 0.1) is 0 Å². The summed E-state index contributed by atoms with van der Waals surface area (Å²) in [5.41, 5.74) is 1.90. The van der Waals surface area contributed by atoms with Gasteiger partial charge in [0, 0.05) is 31.5 Å². The van der Waals surface area contributed by atoms with Crippen molar-refractivity contribution in [3.05, 3.63) is 47.9 Å². The maximum Gasteiger partial charge on any atom is 0.291 e. The van der Waals surface area contributed by atoms with Gasteiger partial charge in [0.05, 0.1) is 11.8 Å². The van der Waals surface area contributed by atoms with Gasteiger partial charge in [-0.1, -0.05) is 0 Å². The van der Waals surface area contributed by atoms with Crippen molar-refractivity contribution in [2.45, 2.75) is 18.9 Å². The summed E-state index contributed by atoms with van der Waals surface area (Å²) in [4.78, 5) is 26.3. The molecule has 0 unspecified atom stereocenters. The maximum atomic E-state index is 12.4. The molecule has 1 saturated carbocycles. The van der Waals surface area contributed by atoms with Crippen molar-refractivity contribution >= 4 is 23.2 Å². The summed E-state index contributed by atoms with van der Waals surface area (Å²) in [6.07, 6.45) is 3.49. The standard InChI is InChI=1S/C17H19N3O3/c1-20(2)14-8-7-12(19-17(22)15-4-3-9-23-15)10-13(14)16(21)18-11-5-6-11/h3-4,7-11H,5-6H2,1-2H3,(H,18,21)(H,19,22). The molecule has 1 aliphatic carbocycles. The Hall–Kier alpha value is -2.76. The van der Waals surface area contributed by atoms with Crippen LogP contribution in [-0.4, -0.2) is 32.0 Å². The minimum atomic E-state index is -0.346. The summed E-state index contributed by atoms with van der Waals surface area (Å²) in [7, 11) is 3.76. The molecular weight excluding hydrogens is 294 g/mol. The first-order chi connectivity index (χ1) is 11.0. The van der Waals surface area contributed by atoms with Crippen LogP contribution in [0.5, 0.6) is 0 Å². The fraction of sp³-hybridized carbons (Fsp3) is 0.294. The lowest BCUT2D eigenvalue weighted by molar-refractivity contribution is 0.0949. The van der Waals surface area contributed by atoms with Gasteiger partial charge in [0.25, 0.3) is 11.8 Å². The second-order valence-corrected chi connectivity index (χ2v) is 5.81. The number of hydrogen-bond acceptors (Lipinski definition) is 4. The van der Waals surface area contributed by atoms with E-state index in [0.717, 1.165) is 18.5 Å². The first-order valence-corrected chi connectivity index (χ1v) is 7.51. The quantitative estimate of drug-likeness (QED) is 0.889. The summed E-state index contributed by atoms with van der Waals surface area (Å²) >= 11 is 0. The Kier molecular flexibility index (Phi) is 4.06. The third-order valence-corrected chi connectivity index (χ3v) is 3.64. The number of rotatable bonds is 5. The van der Waals surface area contributed by atoms with Gasteiger partial charge in [-0.05, 0) is 43.2 Å². The van der Waals surface area contributed by atoms with Crippen molar-refractivity contribution in [3.8, 4) is 0 Å². The molecule has 0 atom stereocenters. The lowest BCUT2D eigenvalue weighted by atomic mass is 10.1. The van der Waals surface area contributed by atoms with Gasteiger partial charge >= 0.3 is 0 Å². The van der Waals surface area contributed by atoms with E-state index in [4.69, 9.17) is 4.42 Å². The number of carbonyl (C=O) groups excluding carboxylic acids is 2. The minimum Gasteiger partial charge on any atom is -0.459 e. The lowest BCUT2D eigenvalue weighted by Gasteiger charge is -2.18. The largest absolute Gasteiger partial charge is 0.459 e. The third-order valence-electron chi connectivity index (χ3n) is 3.64. The van der Waals surface area contributed by atoms with Crippen LogP contribution in [0.25, 0.3) is 0 Å². The Bertz CT molecular complexity index is 719.